The third-order valence-corrected chi connectivity index (χ3v) is 4.54. The normalized spacial score (nSPS) is 28.4. The van der Waals surface area contributed by atoms with Crippen LogP contribution in [0.1, 0.15) is 29.7 Å². The van der Waals surface area contributed by atoms with Gasteiger partial charge in [0.15, 0.2) is 0 Å². The minimum absolute atomic E-state index is 0.211. The van der Waals surface area contributed by atoms with Gasteiger partial charge in [0.05, 0.1) is 25.2 Å². The van der Waals surface area contributed by atoms with E-state index in [4.69, 9.17) is 13.6 Å². The second kappa shape index (κ2) is 5.52. The van der Waals surface area contributed by atoms with Crippen molar-refractivity contribution in [2.75, 3.05) is 13.1 Å². The Balaban J connectivity index is 1.30. The fourth-order valence-electron chi connectivity index (χ4n) is 3.61. The van der Waals surface area contributed by atoms with Crippen molar-refractivity contribution in [2.45, 2.75) is 45.4 Å². The van der Waals surface area contributed by atoms with E-state index in [1.807, 2.05) is 19.9 Å². The summed E-state index contributed by atoms with van der Waals surface area (Å²) in [6.07, 6.45) is 2.33. The van der Waals surface area contributed by atoms with E-state index >= 15 is 0 Å². The van der Waals surface area contributed by atoms with E-state index in [-0.39, 0.29) is 6.10 Å². The van der Waals surface area contributed by atoms with Gasteiger partial charge in [0.1, 0.15) is 11.5 Å². The maximum Gasteiger partial charge on any atom is 0.219 e. The minimum atomic E-state index is 0.211. The van der Waals surface area contributed by atoms with Crippen molar-refractivity contribution in [1.29, 1.82) is 0 Å². The van der Waals surface area contributed by atoms with Gasteiger partial charge in [-0.25, -0.2) is 0 Å². The number of hydrogen-bond acceptors (Lipinski definition) is 6. The van der Waals surface area contributed by atoms with Crippen LogP contribution >= 0.6 is 0 Å². The Morgan fingerprint density at radius 3 is 2.77 bits per heavy atom. The summed E-state index contributed by atoms with van der Waals surface area (Å²) in [6, 6.07) is 4.08. The van der Waals surface area contributed by atoms with Crippen LogP contribution in [0.25, 0.3) is 0 Å². The van der Waals surface area contributed by atoms with E-state index in [2.05, 4.69) is 21.2 Å². The van der Waals surface area contributed by atoms with Crippen molar-refractivity contribution in [3.63, 3.8) is 0 Å². The summed E-state index contributed by atoms with van der Waals surface area (Å²) < 4.78 is 17.3. The number of rotatable bonds is 4. The number of fused-ring (bicyclic) bond motifs is 1. The molecule has 2 aliphatic rings. The van der Waals surface area contributed by atoms with Crippen LogP contribution < -0.4 is 0 Å². The summed E-state index contributed by atoms with van der Waals surface area (Å²) in [5.74, 6) is 3.92. The van der Waals surface area contributed by atoms with Crippen LogP contribution in [0.4, 0.5) is 0 Å². The predicted molar refractivity (Wildman–Crippen MR) is 78.2 cm³/mol. The number of nitrogens with zero attached hydrogens (tertiary/aromatic N) is 3. The van der Waals surface area contributed by atoms with E-state index in [1.165, 1.54) is 0 Å². The van der Waals surface area contributed by atoms with Gasteiger partial charge in [-0.05, 0) is 25.5 Å². The zero-order chi connectivity index (χ0) is 15.1. The lowest BCUT2D eigenvalue weighted by molar-refractivity contribution is 0.0344. The number of hydrogen-bond donors (Lipinski definition) is 0. The zero-order valence-corrected chi connectivity index (χ0v) is 13.0. The molecule has 2 aromatic heterocycles. The van der Waals surface area contributed by atoms with Gasteiger partial charge in [-0.2, -0.15) is 0 Å². The molecule has 0 unspecified atom stereocenters. The molecule has 22 heavy (non-hydrogen) atoms. The quantitative estimate of drug-likeness (QED) is 0.862. The van der Waals surface area contributed by atoms with Crippen molar-refractivity contribution >= 4 is 0 Å². The highest BCUT2D eigenvalue weighted by Crippen LogP contribution is 2.34. The Kier molecular flexibility index (Phi) is 3.50. The van der Waals surface area contributed by atoms with Gasteiger partial charge in [-0.15, -0.1) is 10.2 Å². The molecule has 2 aromatic rings. The first-order chi connectivity index (χ1) is 10.7. The van der Waals surface area contributed by atoms with Gasteiger partial charge in [0.25, 0.3) is 0 Å². The molecule has 4 heterocycles. The van der Waals surface area contributed by atoms with Crippen molar-refractivity contribution in [3.05, 3.63) is 35.4 Å². The summed E-state index contributed by atoms with van der Waals surface area (Å²) in [6.45, 7) is 6.72. The zero-order valence-electron chi connectivity index (χ0n) is 13.0. The van der Waals surface area contributed by atoms with E-state index in [0.717, 1.165) is 44.0 Å². The van der Waals surface area contributed by atoms with Gasteiger partial charge < -0.3 is 13.6 Å². The molecule has 3 atom stereocenters. The fourth-order valence-corrected chi connectivity index (χ4v) is 3.61. The van der Waals surface area contributed by atoms with E-state index < -0.39 is 0 Å². The number of furan rings is 1. The smallest absolute Gasteiger partial charge is 0.219 e. The molecule has 6 heteroatoms. The highest BCUT2D eigenvalue weighted by Gasteiger charge is 2.42. The Morgan fingerprint density at radius 2 is 2.09 bits per heavy atom. The van der Waals surface area contributed by atoms with Gasteiger partial charge in [0, 0.05) is 25.9 Å². The molecule has 2 aliphatic heterocycles. The minimum Gasteiger partial charge on any atom is -0.465 e. The number of ether oxygens (including phenoxy) is 1. The number of aryl methyl sites for hydroxylation is 2. The van der Waals surface area contributed by atoms with Gasteiger partial charge in [-0.3, -0.25) is 4.90 Å². The Hall–Kier alpha value is -1.66. The lowest BCUT2D eigenvalue weighted by atomic mass is 10.0. The summed E-state index contributed by atoms with van der Waals surface area (Å²) >= 11 is 0. The van der Waals surface area contributed by atoms with Crippen molar-refractivity contribution < 1.29 is 13.6 Å². The third kappa shape index (κ3) is 2.80. The molecule has 0 radical (unpaired) electrons. The van der Waals surface area contributed by atoms with Crippen LogP contribution in [0.3, 0.4) is 0 Å². The van der Waals surface area contributed by atoms with Crippen LogP contribution in [-0.4, -0.2) is 40.4 Å². The first kappa shape index (κ1) is 14.0. The van der Waals surface area contributed by atoms with Crippen LogP contribution in [0.2, 0.25) is 0 Å². The molecule has 4 rings (SSSR count). The van der Waals surface area contributed by atoms with E-state index in [1.54, 1.807) is 0 Å². The van der Waals surface area contributed by atoms with Gasteiger partial charge >= 0.3 is 0 Å². The summed E-state index contributed by atoms with van der Waals surface area (Å²) in [7, 11) is 0. The van der Waals surface area contributed by atoms with Crippen LogP contribution in [-0.2, 0) is 17.7 Å². The maximum atomic E-state index is 6.17. The fraction of sp³-hybridized carbons (Fsp3) is 0.625. The summed E-state index contributed by atoms with van der Waals surface area (Å²) in [5.41, 5.74) is 0. The molecule has 0 amide bonds. The maximum absolute atomic E-state index is 6.17. The van der Waals surface area contributed by atoms with Crippen molar-refractivity contribution in [3.8, 4) is 0 Å². The molecule has 0 saturated carbocycles. The molecule has 0 aromatic carbocycles. The summed E-state index contributed by atoms with van der Waals surface area (Å²) in [5, 5.41) is 7.93. The highest BCUT2D eigenvalue weighted by molar-refractivity contribution is 5.06. The van der Waals surface area contributed by atoms with Crippen molar-refractivity contribution in [2.24, 2.45) is 5.92 Å². The monoisotopic (exact) mass is 303 g/mol. The van der Waals surface area contributed by atoms with Crippen molar-refractivity contribution in [1.82, 2.24) is 15.1 Å². The average molecular weight is 303 g/mol. The molecular formula is C16H21N3O3. The number of aromatic nitrogens is 2. The number of likely N-dealkylation sites (tertiary alicyclic amines) is 1. The first-order valence-electron chi connectivity index (χ1n) is 7.88. The van der Waals surface area contributed by atoms with Crippen LogP contribution in [0.15, 0.2) is 21.0 Å². The molecule has 0 N–H and O–H groups in total. The van der Waals surface area contributed by atoms with E-state index in [0.29, 0.717) is 23.8 Å². The van der Waals surface area contributed by atoms with Crippen LogP contribution in [0.5, 0.6) is 0 Å². The SMILES string of the molecule is Cc1ccc(CN2C[C@@H]3C[C@@H](Cc4nnc(C)o4)O[C@@H]3C2)o1. The topological polar surface area (TPSA) is 64.5 Å². The molecule has 6 nitrogen and oxygen atoms in total. The van der Waals surface area contributed by atoms with Crippen LogP contribution in [0, 0.1) is 19.8 Å². The van der Waals surface area contributed by atoms with Gasteiger partial charge in [0.2, 0.25) is 11.8 Å². The molecule has 0 bridgehead atoms. The largest absolute Gasteiger partial charge is 0.465 e. The molecule has 0 aliphatic carbocycles. The Labute approximate surface area is 129 Å². The lowest BCUT2D eigenvalue weighted by Crippen LogP contribution is -2.25. The molecule has 2 fully saturated rings. The molecule has 0 spiro atoms. The first-order valence-corrected chi connectivity index (χ1v) is 7.88. The van der Waals surface area contributed by atoms with E-state index in [9.17, 15) is 0 Å². The molecule has 118 valence electrons. The Bertz CT molecular complexity index is 582. The standard InChI is InChI=1S/C16H21N3O3/c1-10-3-4-13(20-10)8-19-7-12-5-14(22-15(12)9-19)6-16-18-17-11(2)21-16/h3-4,12,14-15H,5-9H2,1-2H3/t12-,14-,15+/m0/s1. The second-order valence-corrected chi connectivity index (χ2v) is 6.42. The third-order valence-electron chi connectivity index (χ3n) is 4.54. The molecular weight excluding hydrogens is 282 g/mol. The summed E-state index contributed by atoms with van der Waals surface area (Å²) in [4.78, 5) is 2.42. The average Bonchev–Trinajstić information content (AvgIpc) is 3.18. The molecule has 2 saturated heterocycles. The van der Waals surface area contributed by atoms with Gasteiger partial charge in [-0.1, -0.05) is 0 Å². The second-order valence-electron chi connectivity index (χ2n) is 6.42. The Morgan fingerprint density at radius 1 is 1.18 bits per heavy atom. The highest BCUT2D eigenvalue weighted by atomic mass is 16.5. The lowest BCUT2D eigenvalue weighted by Gasteiger charge is -2.17. The predicted octanol–water partition coefficient (Wildman–Crippen LogP) is 2.11.